The van der Waals surface area contributed by atoms with Crippen LogP contribution in [-0.2, 0) is 10.2 Å². The molecule has 3 heteroatoms. The quantitative estimate of drug-likeness (QED) is 0.672. The van der Waals surface area contributed by atoms with Gasteiger partial charge in [0.2, 0.25) is 0 Å². The van der Waals surface area contributed by atoms with Crippen molar-refractivity contribution in [3.05, 3.63) is 71.8 Å². The van der Waals surface area contributed by atoms with Gasteiger partial charge < -0.3 is 4.90 Å². The van der Waals surface area contributed by atoms with Crippen LogP contribution in [0.4, 0.5) is 0 Å². The van der Waals surface area contributed by atoms with E-state index in [2.05, 4.69) is 50.2 Å². The third kappa shape index (κ3) is 4.14. The second kappa shape index (κ2) is 9.14. The third-order valence-electron chi connectivity index (χ3n) is 4.81. The Hall–Kier alpha value is -1.45. The van der Waals surface area contributed by atoms with E-state index >= 15 is 0 Å². The van der Waals surface area contributed by atoms with Crippen LogP contribution < -0.4 is 0 Å². The second-order valence-corrected chi connectivity index (χ2v) is 6.43. The Morgan fingerprint density at radius 2 is 1.38 bits per heavy atom. The first-order valence-corrected chi connectivity index (χ1v) is 8.33. The van der Waals surface area contributed by atoms with Crippen LogP contribution in [0.2, 0.25) is 0 Å². The molecule has 0 radical (unpaired) electrons. The highest BCUT2D eigenvalue weighted by Gasteiger charge is 2.41. The summed E-state index contributed by atoms with van der Waals surface area (Å²) in [7, 11) is 4.14. The number of Topliss-reactive ketones (excluding diaryl/α,β-unsaturated/α-hetero) is 1. The average Bonchev–Trinajstić information content (AvgIpc) is 2.60. The maximum atomic E-state index is 13.2. The number of ketones is 1. The highest BCUT2D eigenvalue weighted by molar-refractivity contribution is 8.93. The van der Waals surface area contributed by atoms with E-state index in [0.717, 1.165) is 17.5 Å². The minimum absolute atomic E-state index is 0. The molecule has 0 heterocycles. The molecule has 0 aromatic heterocycles. The fourth-order valence-corrected chi connectivity index (χ4v) is 3.21. The normalized spacial score (nSPS) is 12.5. The summed E-state index contributed by atoms with van der Waals surface area (Å²) in [6.45, 7) is 4.15. The summed E-state index contributed by atoms with van der Waals surface area (Å²) >= 11 is 0. The first-order valence-electron chi connectivity index (χ1n) is 8.33. The fourth-order valence-electron chi connectivity index (χ4n) is 3.21. The topological polar surface area (TPSA) is 20.3 Å². The van der Waals surface area contributed by atoms with Gasteiger partial charge in [-0.15, -0.1) is 17.0 Å². The Morgan fingerprint density at radius 3 is 1.71 bits per heavy atom. The number of carbonyl (C=O) groups is 1. The number of hydrogen-bond acceptors (Lipinski definition) is 2. The molecule has 0 amide bonds. The molecular weight excluding hydrogens is 362 g/mol. The molecule has 2 aromatic rings. The highest BCUT2D eigenvalue weighted by Crippen LogP contribution is 2.39. The van der Waals surface area contributed by atoms with E-state index in [-0.39, 0.29) is 22.8 Å². The van der Waals surface area contributed by atoms with Crippen LogP contribution in [0.1, 0.15) is 37.8 Å². The van der Waals surface area contributed by atoms with Crippen molar-refractivity contribution < 1.29 is 4.79 Å². The lowest BCUT2D eigenvalue weighted by molar-refractivity contribution is -0.123. The maximum absolute atomic E-state index is 13.2. The minimum atomic E-state index is -0.582. The van der Waals surface area contributed by atoms with E-state index in [1.165, 1.54) is 0 Å². The third-order valence-corrected chi connectivity index (χ3v) is 4.81. The van der Waals surface area contributed by atoms with E-state index < -0.39 is 5.41 Å². The SMILES string of the molecule is Br.CCC(=O)C(C[C@@H](C)N(C)C)(c1ccccc1)c1ccccc1. The summed E-state index contributed by atoms with van der Waals surface area (Å²) in [6.07, 6.45) is 1.31. The molecule has 0 aliphatic heterocycles. The molecule has 0 fully saturated rings. The van der Waals surface area contributed by atoms with Crippen molar-refractivity contribution in [2.24, 2.45) is 0 Å². The Kier molecular flexibility index (Phi) is 7.85. The van der Waals surface area contributed by atoms with Crippen LogP contribution in [0.3, 0.4) is 0 Å². The summed E-state index contributed by atoms with van der Waals surface area (Å²) in [6, 6.07) is 20.7. The Morgan fingerprint density at radius 1 is 0.958 bits per heavy atom. The van der Waals surface area contributed by atoms with E-state index in [4.69, 9.17) is 0 Å². The number of carbonyl (C=O) groups excluding carboxylic acids is 1. The molecule has 0 saturated heterocycles. The summed E-state index contributed by atoms with van der Waals surface area (Å²) in [5.41, 5.74) is 1.60. The molecule has 130 valence electrons. The molecule has 24 heavy (non-hydrogen) atoms. The summed E-state index contributed by atoms with van der Waals surface area (Å²) in [4.78, 5) is 15.4. The molecule has 0 aliphatic rings. The molecule has 0 spiro atoms. The molecule has 0 aliphatic carbocycles. The van der Waals surface area contributed by atoms with Crippen molar-refractivity contribution in [2.75, 3.05) is 14.1 Å². The lowest BCUT2D eigenvalue weighted by Gasteiger charge is -2.37. The molecule has 2 aromatic carbocycles. The van der Waals surface area contributed by atoms with Crippen LogP contribution in [0.15, 0.2) is 60.7 Å². The number of hydrogen-bond donors (Lipinski definition) is 0. The van der Waals surface area contributed by atoms with Crippen molar-refractivity contribution >= 4 is 22.8 Å². The predicted molar refractivity (Wildman–Crippen MR) is 107 cm³/mol. The lowest BCUT2D eigenvalue weighted by atomic mass is 9.67. The summed E-state index contributed by atoms with van der Waals surface area (Å²) in [5.74, 6) is 0.281. The number of nitrogens with zero attached hydrogens (tertiary/aromatic N) is 1. The predicted octanol–water partition coefficient (Wildman–Crippen LogP) is 4.87. The van der Waals surface area contributed by atoms with Crippen molar-refractivity contribution in [1.82, 2.24) is 4.90 Å². The van der Waals surface area contributed by atoms with Gasteiger partial charge in [0.25, 0.3) is 0 Å². The van der Waals surface area contributed by atoms with E-state index in [9.17, 15) is 4.79 Å². The fraction of sp³-hybridized carbons (Fsp3) is 0.381. The number of rotatable bonds is 7. The summed E-state index contributed by atoms with van der Waals surface area (Å²) in [5, 5.41) is 0. The first-order chi connectivity index (χ1) is 11.0. The molecule has 2 nitrogen and oxygen atoms in total. The van der Waals surface area contributed by atoms with Crippen LogP contribution in [0, 0.1) is 0 Å². The molecule has 2 rings (SSSR count). The molecule has 0 N–H and O–H groups in total. The van der Waals surface area contributed by atoms with Crippen LogP contribution >= 0.6 is 17.0 Å². The van der Waals surface area contributed by atoms with Gasteiger partial charge in [0.05, 0.1) is 5.41 Å². The first kappa shape index (κ1) is 20.6. The van der Waals surface area contributed by atoms with Gasteiger partial charge in [-0.05, 0) is 38.6 Å². The van der Waals surface area contributed by atoms with Gasteiger partial charge in [-0.25, -0.2) is 0 Å². The summed E-state index contributed by atoms with van der Waals surface area (Å²) < 4.78 is 0. The Balaban J connectivity index is 0.00000288. The average molecular weight is 390 g/mol. The van der Waals surface area contributed by atoms with Gasteiger partial charge >= 0.3 is 0 Å². The van der Waals surface area contributed by atoms with Crippen molar-refractivity contribution in [1.29, 1.82) is 0 Å². The van der Waals surface area contributed by atoms with Gasteiger partial charge in [-0.1, -0.05) is 67.6 Å². The van der Waals surface area contributed by atoms with E-state index in [1.807, 2.05) is 43.3 Å². The lowest BCUT2D eigenvalue weighted by Crippen LogP contribution is -2.42. The van der Waals surface area contributed by atoms with Gasteiger partial charge in [0.1, 0.15) is 5.78 Å². The molecule has 0 bridgehead atoms. The smallest absolute Gasteiger partial charge is 0.147 e. The van der Waals surface area contributed by atoms with Crippen molar-refractivity contribution in [2.45, 2.75) is 38.1 Å². The number of benzene rings is 2. The Bertz CT molecular complexity index is 585. The van der Waals surface area contributed by atoms with Gasteiger partial charge in [0, 0.05) is 12.5 Å². The second-order valence-electron chi connectivity index (χ2n) is 6.43. The van der Waals surface area contributed by atoms with Gasteiger partial charge in [-0.3, -0.25) is 4.79 Å². The number of halogens is 1. The van der Waals surface area contributed by atoms with Crippen LogP contribution in [-0.4, -0.2) is 30.8 Å². The molecular formula is C21H28BrNO. The molecule has 0 saturated carbocycles. The standard InChI is InChI=1S/C21H27NO.BrH/c1-5-20(23)21(16-17(2)22(3)4,18-12-8-6-9-13-18)19-14-10-7-11-15-19;/h6-15,17H,5,16H2,1-4H3;1H/t17-;/m1./s1. The zero-order valence-electron chi connectivity index (χ0n) is 15.0. The van der Waals surface area contributed by atoms with Crippen LogP contribution in [0.5, 0.6) is 0 Å². The van der Waals surface area contributed by atoms with Crippen LogP contribution in [0.25, 0.3) is 0 Å². The largest absolute Gasteiger partial charge is 0.307 e. The Labute approximate surface area is 156 Å². The highest BCUT2D eigenvalue weighted by atomic mass is 79.9. The van der Waals surface area contributed by atoms with Gasteiger partial charge in [0.15, 0.2) is 0 Å². The maximum Gasteiger partial charge on any atom is 0.147 e. The zero-order valence-corrected chi connectivity index (χ0v) is 16.7. The molecule has 0 unspecified atom stereocenters. The minimum Gasteiger partial charge on any atom is -0.307 e. The monoisotopic (exact) mass is 389 g/mol. The van der Waals surface area contributed by atoms with Gasteiger partial charge in [-0.2, -0.15) is 0 Å². The molecule has 1 atom stereocenters. The zero-order chi connectivity index (χ0) is 16.9. The van der Waals surface area contributed by atoms with E-state index in [1.54, 1.807) is 0 Å². The van der Waals surface area contributed by atoms with Crippen molar-refractivity contribution in [3.8, 4) is 0 Å². The van der Waals surface area contributed by atoms with E-state index in [0.29, 0.717) is 12.5 Å². The van der Waals surface area contributed by atoms with Crippen molar-refractivity contribution in [3.63, 3.8) is 0 Å².